The van der Waals surface area contributed by atoms with Crippen molar-refractivity contribution in [2.24, 2.45) is 0 Å². The normalized spacial score (nSPS) is 8.18. The molecule has 11 heavy (non-hydrogen) atoms. The molecule has 0 fully saturated rings. The van der Waals surface area contributed by atoms with E-state index in [1.165, 1.54) is 5.56 Å². The Bertz CT molecular complexity index is 225. The molecule has 1 aromatic carbocycles. The first-order valence-corrected chi connectivity index (χ1v) is 3.35. The van der Waals surface area contributed by atoms with Gasteiger partial charge in [-0.1, -0.05) is 18.2 Å². The minimum absolute atomic E-state index is 0. The maximum atomic E-state index is 2.08. The summed E-state index contributed by atoms with van der Waals surface area (Å²) in [5.41, 5.74) is 1.24. The lowest BCUT2D eigenvalue weighted by atomic mass is 10.2. The molecule has 0 aliphatic rings. The number of halogens is 1. The maximum Gasteiger partial charge on any atom is 0.170 e. The first-order valence-electron chi connectivity index (χ1n) is 3.35. The van der Waals surface area contributed by atoms with Crippen molar-refractivity contribution in [1.82, 2.24) is 0 Å². The van der Waals surface area contributed by atoms with Gasteiger partial charge in [0.1, 0.15) is 14.1 Å². The van der Waals surface area contributed by atoms with Crippen LogP contribution in [0.25, 0.3) is 0 Å². The number of hydrogen-bond acceptors (Lipinski definition) is 0. The number of benzene rings is 1. The third-order valence-electron chi connectivity index (χ3n) is 1.21. The van der Waals surface area contributed by atoms with E-state index >= 15 is 0 Å². The van der Waals surface area contributed by atoms with Crippen LogP contribution in [0.2, 0.25) is 0 Å². The average Bonchev–Trinajstić information content (AvgIpc) is 1.88. The van der Waals surface area contributed by atoms with Crippen molar-refractivity contribution >= 4 is 6.21 Å². The predicted octanol–water partition coefficient (Wildman–Crippen LogP) is -1.62. The highest BCUT2D eigenvalue weighted by Gasteiger charge is 1.87. The molecule has 0 amide bonds. The quantitative estimate of drug-likeness (QED) is 0.325. The molecule has 0 heterocycles. The summed E-state index contributed by atoms with van der Waals surface area (Å²) >= 11 is 0. The molecule has 0 bridgehead atoms. The summed E-state index contributed by atoms with van der Waals surface area (Å²) in [5, 5.41) is 0. The van der Waals surface area contributed by atoms with Gasteiger partial charge in [-0.05, 0) is 12.1 Å². The van der Waals surface area contributed by atoms with Crippen molar-refractivity contribution in [2.45, 2.75) is 0 Å². The lowest BCUT2D eigenvalue weighted by Crippen LogP contribution is -3.00. The molecule has 1 nitrogen and oxygen atoms in total. The maximum absolute atomic E-state index is 2.08. The minimum Gasteiger partial charge on any atom is -1.00 e. The first-order chi connectivity index (χ1) is 4.79. The second kappa shape index (κ2) is 5.29. The minimum atomic E-state index is 0. The highest BCUT2D eigenvalue weighted by Crippen LogP contribution is 1.92. The fraction of sp³-hybridized carbons (Fsp3) is 0.222. The van der Waals surface area contributed by atoms with Crippen LogP contribution in [0.1, 0.15) is 5.56 Å². The van der Waals surface area contributed by atoms with Crippen molar-refractivity contribution < 1.29 is 28.6 Å². The van der Waals surface area contributed by atoms with Gasteiger partial charge in [-0.25, -0.2) is 4.58 Å². The fourth-order valence-electron chi connectivity index (χ4n) is 0.837. The molecule has 0 saturated carbocycles. The number of rotatable bonds is 1. The van der Waals surface area contributed by atoms with E-state index in [-0.39, 0.29) is 24.0 Å². The van der Waals surface area contributed by atoms with E-state index in [9.17, 15) is 0 Å². The molecule has 0 radical (unpaired) electrons. The van der Waals surface area contributed by atoms with Gasteiger partial charge in [-0.3, -0.25) is 0 Å². The van der Waals surface area contributed by atoms with Crippen molar-refractivity contribution in [2.75, 3.05) is 14.1 Å². The zero-order chi connectivity index (χ0) is 7.40. The third kappa shape index (κ3) is 4.14. The Morgan fingerprint density at radius 1 is 1.09 bits per heavy atom. The molecule has 0 spiro atoms. The van der Waals surface area contributed by atoms with Crippen LogP contribution in [0.4, 0.5) is 0 Å². The summed E-state index contributed by atoms with van der Waals surface area (Å²) in [5.74, 6) is 0. The molecule has 1 aromatic rings. The lowest BCUT2D eigenvalue weighted by Gasteiger charge is -1.87. The topological polar surface area (TPSA) is 3.01 Å². The Morgan fingerprint density at radius 3 is 2.09 bits per heavy atom. The number of nitrogens with zero attached hydrogens (tertiary/aromatic N) is 1. The van der Waals surface area contributed by atoms with E-state index in [0.717, 1.165) is 0 Å². The van der Waals surface area contributed by atoms with Crippen molar-refractivity contribution in [3.05, 3.63) is 35.9 Å². The highest BCUT2D eigenvalue weighted by molar-refractivity contribution is 5.75. The van der Waals surface area contributed by atoms with Crippen LogP contribution in [-0.2, 0) is 0 Å². The molecule has 0 unspecified atom stereocenters. The van der Waals surface area contributed by atoms with Gasteiger partial charge < -0.3 is 24.0 Å². The van der Waals surface area contributed by atoms with Crippen LogP contribution in [-0.4, -0.2) is 24.9 Å². The SMILES string of the molecule is C[N+](C)=Cc1ccccc1.[I-]. The number of hydrogen-bond donors (Lipinski definition) is 0. The van der Waals surface area contributed by atoms with Crippen LogP contribution in [0.15, 0.2) is 30.3 Å². The Balaban J connectivity index is 0.000001000. The van der Waals surface area contributed by atoms with E-state index in [0.29, 0.717) is 0 Å². The summed E-state index contributed by atoms with van der Waals surface area (Å²) in [7, 11) is 4.04. The Morgan fingerprint density at radius 2 is 1.64 bits per heavy atom. The van der Waals surface area contributed by atoms with Crippen LogP contribution in [0.3, 0.4) is 0 Å². The smallest absolute Gasteiger partial charge is 0.170 e. The van der Waals surface area contributed by atoms with E-state index in [4.69, 9.17) is 0 Å². The van der Waals surface area contributed by atoms with Gasteiger partial charge in [-0.15, -0.1) is 0 Å². The molecule has 2 heteroatoms. The average molecular weight is 261 g/mol. The molecular weight excluding hydrogens is 249 g/mol. The van der Waals surface area contributed by atoms with Gasteiger partial charge in [0.25, 0.3) is 0 Å². The summed E-state index contributed by atoms with van der Waals surface area (Å²) in [6.07, 6.45) is 2.08. The zero-order valence-electron chi connectivity index (χ0n) is 6.79. The Kier molecular flexibility index (Phi) is 5.11. The molecule has 0 aromatic heterocycles. The third-order valence-corrected chi connectivity index (χ3v) is 1.21. The van der Waals surface area contributed by atoms with E-state index in [1.807, 2.05) is 36.9 Å². The Labute approximate surface area is 84.8 Å². The molecule has 60 valence electrons. The van der Waals surface area contributed by atoms with Gasteiger partial charge in [0.2, 0.25) is 0 Å². The van der Waals surface area contributed by atoms with Gasteiger partial charge in [0.05, 0.1) is 0 Å². The summed E-state index contributed by atoms with van der Waals surface area (Å²) in [6, 6.07) is 10.3. The standard InChI is InChI=1S/C9H12N.HI/c1-10(2)8-9-6-4-3-5-7-9;/h3-8H,1-2H3;1H/q+1;/p-1. The van der Waals surface area contributed by atoms with Gasteiger partial charge in [0, 0.05) is 5.56 Å². The second-order valence-electron chi connectivity index (χ2n) is 2.50. The highest BCUT2D eigenvalue weighted by atomic mass is 127. The van der Waals surface area contributed by atoms with Crippen LogP contribution in [0.5, 0.6) is 0 Å². The zero-order valence-corrected chi connectivity index (χ0v) is 8.95. The largest absolute Gasteiger partial charge is 1.00 e. The predicted molar refractivity (Wildman–Crippen MR) is 43.7 cm³/mol. The Hall–Kier alpha value is -0.380. The van der Waals surface area contributed by atoms with Crippen LogP contribution < -0.4 is 24.0 Å². The first kappa shape index (κ1) is 10.6. The molecule has 0 saturated heterocycles. The molecular formula is C9H12IN. The van der Waals surface area contributed by atoms with Crippen molar-refractivity contribution in [3.8, 4) is 0 Å². The van der Waals surface area contributed by atoms with E-state index in [2.05, 4.69) is 18.3 Å². The van der Waals surface area contributed by atoms with Crippen LogP contribution in [0, 0.1) is 0 Å². The van der Waals surface area contributed by atoms with Crippen molar-refractivity contribution in [1.29, 1.82) is 0 Å². The second-order valence-corrected chi connectivity index (χ2v) is 2.50. The summed E-state index contributed by atoms with van der Waals surface area (Å²) < 4.78 is 2.04. The van der Waals surface area contributed by atoms with E-state index in [1.54, 1.807) is 0 Å². The molecule has 1 rings (SSSR count). The fourth-order valence-corrected chi connectivity index (χ4v) is 0.837. The van der Waals surface area contributed by atoms with Crippen LogP contribution >= 0.6 is 0 Å². The summed E-state index contributed by atoms with van der Waals surface area (Å²) in [4.78, 5) is 0. The van der Waals surface area contributed by atoms with E-state index < -0.39 is 0 Å². The lowest BCUT2D eigenvalue weighted by molar-refractivity contribution is -0.458. The molecule has 0 atom stereocenters. The molecule has 0 aliphatic carbocycles. The van der Waals surface area contributed by atoms with Gasteiger partial charge in [-0.2, -0.15) is 0 Å². The molecule has 0 aliphatic heterocycles. The van der Waals surface area contributed by atoms with Gasteiger partial charge in [0.15, 0.2) is 6.21 Å². The monoisotopic (exact) mass is 261 g/mol. The van der Waals surface area contributed by atoms with Gasteiger partial charge >= 0.3 is 0 Å². The van der Waals surface area contributed by atoms with Crippen molar-refractivity contribution in [3.63, 3.8) is 0 Å². The summed E-state index contributed by atoms with van der Waals surface area (Å²) in [6.45, 7) is 0. The molecule has 0 N–H and O–H groups in total.